The molecule has 0 fully saturated rings. The monoisotopic (exact) mass is 442 g/mol. The van der Waals surface area contributed by atoms with E-state index in [4.69, 9.17) is 24.2 Å². The number of nitrogens with one attached hydrogen (secondary N) is 1. The molecule has 0 aliphatic heterocycles. The maximum Gasteiger partial charge on any atom is 0.162 e. The highest BCUT2D eigenvalue weighted by Crippen LogP contribution is 2.27. The minimum Gasteiger partial charge on any atom is -0.497 e. The zero-order valence-electron chi connectivity index (χ0n) is 19.1. The van der Waals surface area contributed by atoms with Gasteiger partial charge < -0.3 is 14.2 Å². The number of hydrazone groups is 1. The Morgan fingerprint density at radius 3 is 2.36 bits per heavy atom. The first-order valence-corrected chi connectivity index (χ1v) is 10.6. The lowest BCUT2D eigenvalue weighted by Gasteiger charge is -2.11. The van der Waals surface area contributed by atoms with Gasteiger partial charge in [0.1, 0.15) is 17.2 Å². The number of nitrogens with zero attached hydrogens (tertiary/aromatic N) is 3. The van der Waals surface area contributed by atoms with Gasteiger partial charge in [0.15, 0.2) is 11.6 Å². The Balaban J connectivity index is 1.64. The number of anilines is 1. The largest absolute Gasteiger partial charge is 0.497 e. The standard InChI is InChI=1S/C26H26N4O3/c1-17(2)33-20-12-9-18(10-13-20)25-28-23-8-6-5-7-22(23)26(29-25)30-27-16-19-11-14-21(31-3)15-24(19)32-4/h5-17H,1-4H3,(H,28,29,30)/b27-16-. The van der Waals surface area contributed by atoms with Gasteiger partial charge in [-0.05, 0) is 62.4 Å². The Hall–Kier alpha value is -4.13. The van der Waals surface area contributed by atoms with Gasteiger partial charge in [-0.2, -0.15) is 5.10 Å². The molecule has 0 radical (unpaired) electrons. The summed E-state index contributed by atoms with van der Waals surface area (Å²) in [5.41, 5.74) is 5.59. The van der Waals surface area contributed by atoms with Crippen molar-refractivity contribution in [1.82, 2.24) is 9.97 Å². The van der Waals surface area contributed by atoms with Crippen LogP contribution in [0, 0.1) is 0 Å². The number of hydrogen-bond acceptors (Lipinski definition) is 7. The molecule has 0 unspecified atom stereocenters. The van der Waals surface area contributed by atoms with Crippen LogP contribution in [-0.4, -0.2) is 36.5 Å². The third kappa shape index (κ3) is 5.20. The van der Waals surface area contributed by atoms with Crippen LogP contribution in [0.5, 0.6) is 17.2 Å². The van der Waals surface area contributed by atoms with Gasteiger partial charge in [0.2, 0.25) is 0 Å². The lowest BCUT2D eigenvalue weighted by molar-refractivity contribution is 0.242. The lowest BCUT2D eigenvalue weighted by atomic mass is 10.1. The van der Waals surface area contributed by atoms with E-state index in [0.717, 1.165) is 27.8 Å². The van der Waals surface area contributed by atoms with Crippen LogP contribution in [0.2, 0.25) is 0 Å². The number of aromatic nitrogens is 2. The second-order valence-electron chi connectivity index (χ2n) is 7.58. The van der Waals surface area contributed by atoms with Crippen LogP contribution in [0.3, 0.4) is 0 Å². The third-order valence-electron chi connectivity index (χ3n) is 4.90. The Morgan fingerprint density at radius 2 is 1.64 bits per heavy atom. The maximum atomic E-state index is 5.74. The van der Waals surface area contributed by atoms with Gasteiger partial charge in [-0.25, -0.2) is 9.97 Å². The van der Waals surface area contributed by atoms with Crippen molar-refractivity contribution in [3.63, 3.8) is 0 Å². The van der Waals surface area contributed by atoms with E-state index >= 15 is 0 Å². The number of ether oxygens (including phenoxy) is 3. The summed E-state index contributed by atoms with van der Waals surface area (Å²) in [6, 6.07) is 21.1. The van der Waals surface area contributed by atoms with E-state index in [1.807, 2.05) is 80.6 Å². The molecule has 1 N–H and O–H groups in total. The summed E-state index contributed by atoms with van der Waals surface area (Å²) in [6.07, 6.45) is 1.80. The molecule has 1 heterocycles. The quantitative estimate of drug-likeness (QED) is 0.285. The summed E-state index contributed by atoms with van der Waals surface area (Å²) in [7, 11) is 3.23. The van der Waals surface area contributed by atoms with Gasteiger partial charge in [0, 0.05) is 22.6 Å². The summed E-state index contributed by atoms with van der Waals surface area (Å²) in [5, 5.41) is 5.28. The van der Waals surface area contributed by atoms with Crippen molar-refractivity contribution >= 4 is 22.9 Å². The fourth-order valence-electron chi connectivity index (χ4n) is 3.33. The van der Waals surface area contributed by atoms with Crippen molar-refractivity contribution < 1.29 is 14.2 Å². The van der Waals surface area contributed by atoms with Crippen LogP contribution >= 0.6 is 0 Å². The summed E-state index contributed by atoms with van der Waals surface area (Å²) in [5.74, 6) is 3.40. The molecule has 1 aromatic heterocycles. The van der Waals surface area contributed by atoms with Gasteiger partial charge in [-0.1, -0.05) is 12.1 Å². The van der Waals surface area contributed by atoms with Crippen LogP contribution in [0.4, 0.5) is 5.82 Å². The first kappa shape index (κ1) is 22.1. The molecule has 0 aliphatic carbocycles. The van der Waals surface area contributed by atoms with E-state index in [2.05, 4.69) is 10.5 Å². The first-order valence-electron chi connectivity index (χ1n) is 10.6. The number of para-hydroxylation sites is 1. The molecular weight excluding hydrogens is 416 g/mol. The number of fused-ring (bicyclic) bond motifs is 1. The molecular formula is C26H26N4O3. The molecule has 0 atom stereocenters. The van der Waals surface area contributed by atoms with E-state index in [1.165, 1.54) is 0 Å². The fraction of sp³-hybridized carbons (Fsp3) is 0.192. The highest BCUT2D eigenvalue weighted by atomic mass is 16.5. The maximum absolute atomic E-state index is 5.74. The lowest BCUT2D eigenvalue weighted by Crippen LogP contribution is -2.05. The van der Waals surface area contributed by atoms with E-state index in [0.29, 0.717) is 23.1 Å². The van der Waals surface area contributed by atoms with Crippen molar-refractivity contribution in [2.24, 2.45) is 5.10 Å². The summed E-state index contributed by atoms with van der Waals surface area (Å²) in [6.45, 7) is 4.00. The Kier molecular flexibility index (Phi) is 6.69. The van der Waals surface area contributed by atoms with Crippen molar-refractivity contribution in [3.05, 3.63) is 72.3 Å². The first-order chi connectivity index (χ1) is 16.1. The molecule has 3 aromatic carbocycles. The third-order valence-corrected chi connectivity index (χ3v) is 4.90. The van der Waals surface area contributed by atoms with E-state index < -0.39 is 0 Å². The molecule has 0 bridgehead atoms. The van der Waals surface area contributed by atoms with Crippen molar-refractivity contribution in [1.29, 1.82) is 0 Å². The van der Waals surface area contributed by atoms with E-state index in [1.54, 1.807) is 20.4 Å². The van der Waals surface area contributed by atoms with Gasteiger partial charge in [-0.3, -0.25) is 5.43 Å². The van der Waals surface area contributed by atoms with Crippen molar-refractivity contribution in [2.45, 2.75) is 20.0 Å². The second kappa shape index (κ2) is 9.99. The molecule has 168 valence electrons. The average Bonchev–Trinajstić information content (AvgIpc) is 2.84. The minimum absolute atomic E-state index is 0.116. The van der Waals surface area contributed by atoms with Gasteiger partial charge >= 0.3 is 0 Å². The highest BCUT2D eigenvalue weighted by Gasteiger charge is 2.10. The summed E-state index contributed by atoms with van der Waals surface area (Å²) in [4.78, 5) is 9.47. The van der Waals surface area contributed by atoms with E-state index in [9.17, 15) is 0 Å². The Labute approximate surface area is 193 Å². The van der Waals surface area contributed by atoms with Gasteiger partial charge in [0.25, 0.3) is 0 Å². The molecule has 0 aliphatic rings. The molecule has 4 aromatic rings. The molecule has 0 amide bonds. The van der Waals surface area contributed by atoms with Crippen LogP contribution < -0.4 is 19.6 Å². The minimum atomic E-state index is 0.116. The fourth-order valence-corrected chi connectivity index (χ4v) is 3.33. The Morgan fingerprint density at radius 1 is 0.879 bits per heavy atom. The number of rotatable bonds is 8. The van der Waals surface area contributed by atoms with Crippen molar-refractivity contribution in [3.8, 4) is 28.6 Å². The summed E-state index contributed by atoms with van der Waals surface area (Å²) >= 11 is 0. The summed E-state index contributed by atoms with van der Waals surface area (Å²) < 4.78 is 16.4. The second-order valence-corrected chi connectivity index (χ2v) is 7.58. The molecule has 7 nitrogen and oxygen atoms in total. The van der Waals surface area contributed by atoms with Crippen LogP contribution in [0.25, 0.3) is 22.3 Å². The molecule has 33 heavy (non-hydrogen) atoms. The SMILES string of the molecule is COc1ccc(/C=N\Nc2nc(-c3ccc(OC(C)C)cc3)nc3ccccc23)c(OC)c1. The number of benzene rings is 3. The van der Waals surface area contributed by atoms with Crippen LogP contribution in [0.1, 0.15) is 19.4 Å². The molecule has 0 saturated carbocycles. The Bertz CT molecular complexity index is 1270. The van der Waals surface area contributed by atoms with Crippen LogP contribution in [0.15, 0.2) is 71.8 Å². The topological polar surface area (TPSA) is 77.9 Å². The zero-order chi connectivity index (χ0) is 23.2. The predicted molar refractivity (Wildman–Crippen MR) is 132 cm³/mol. The van der Waals surface area contributed by atoms with Crippen molar-refractivity contribution in [2.75, 3.05) is 19.6 Å². The van der Waals surface area contributed by atoms with Gasteiger partial charge in [-0.15, -0.1) is 0 Å². The average molecular weight is 443 g/mol. The highest BCUT2D eigenvalue weighted by molar-refractivity contribution is 5.91. The zero-order valence-corrected chi connectivity index (χ0v) is 19.1. The number of hydrogen-bond donors (Lipinski definition) is 1. The molecule has 7 heteroatoms. The number of methoxy groups -OCH3 is 2. The normalized spacial score (nSPS) is 11.2. The molecule has 0 saturated heterocycles. The van der Waals surface area contributed by atoms with Crippen LogP contribution in [-0.2, 0) is 0 Å². The van der Waals surface area contributed by atoms with Gasteiger partial charge in [0.05, 0.1) is 32.1 Å². The molecule has 0 spiro atoms. The van der Waals surface area contributed by atoms with E-state index in [-0.39, 0.29) is 6.10 Å². The molecule has 4 rings (SSSR count). The smallest absolute Gasteiger partial charge is 0.162 e. The predicted octanol–water partition coefficient (Wildman–Crippen LogP) is 5.55.